The van der Waals surface area contributed by atoms with Crippen molar-refractivity contribution in [1.82, 2.24) is 10.6 Å². The van der Waals surface area contributed by atoms with Crippen molar-refractivity contribution in [2.45, 2.75) is 52.5 Å². The van der Waals surface area contributed by atoms with Crippen molar-refractivity contribution in [2.75, 3.05) is 13.1 Å². The minimum atomic E-state index is 0.184. The lowest BCUT2D eigenvalue weighted by Crippen LogP contribution is -2.27. The molecule has 0 aliphatic carbocycles. The van der Waals surface area contributed by atoms with Crippen LogP contribution in [0.15, 0.2) is 0 Å². The van der Waals surface area contributed by atoms with Gasteiger partial charge in [0.25, 0.3) is 0 Å². The Hall–Kier alpha value is -0.570. The van der Waals surface area contributed by atoms with Crippen LogP contribution in [-0.4, -0.2) is 25.0 Å². The maximum Gasteiger partial charge on any atom is 0.220 e. The third-order valence-corrected chi connectivity index (χ3v) is 1.99. The maximum atomic E-state index is 11.2. The molecular weight excluding hydrogens is 176 g/mol. The summed E-state index contributed by atoms with van der Waals surface area (Å²) in [6.45, 7) is 8.10. The molecule has 0 atom stereocenters. The molecule has 84 valence electrons. The molecule has 3 nitrogen and oxygen atoms in total. The quantitative estimate of drug-likeness (QED) is 0.585. The smallest absolute Gasteiger partial charge is 0.220 e. The summed E-state index contributed by atoms with van der Waals surface area (Å²) in [6.07, 6.45) is 3.78. The van der Waals surface area contributed by atoms with E-state index in [1.807, 2.05) is 0 Å². The van der Waals surface area contributed by atoms with E-state index in [0.717, 1.165) is 32.4 Å². The molecule has 0 rings (SSSR count). The Bertz CT molecular complexity index is 146. The van der Waals surface area contributed by atoms with E-state index in [1.54, 1.807) is 0 Å². The van der Waals surface area contributed by atoms with Gasteiger partial charge in [-0.05, 0) is 19.4 Å². The largest absolute Gasteiger partial charge is 0.356 e. The maximum absolute atomic E-state index is 11.2. The fourth-order valence-corrected chi connectivity index (χ4v) is 1.13. The molecule has 0 aliphatic rings. The van der Waals surface area contributed by atoms with E-state index >= 15 is 0 Å². The molecular formula is C11H24N2O. The van der Waals surface area contributed by atoms with Crippen LogP contribution in [0, 0.1) is 0 Å². The van der Waals surface area contributed by atoms with E-state index in [2.05, 4.69) is 31.4 Å². The fraction of sp³-hybridized carbons (Fsp3) is 0.909. The van der Waals surface area contributed by atoms with Gasteiger partial charge in [-0.1, -0.05) is 27.2 Å². The summed E-state index contributed by atoms with van der Waals surface area (Å²) < 4.78 is 0. The van der Waals surface area contributed by atoms with Crippen molar-refractivity contribution in [3.8, 4) is 0 Å². The number of carbonyl (C=O) groups is 1. The third kappa shape index (κ3) is 9.52. The lowest BCUT2D eigenvalue weighted by molar-refractivity contribution is -0.121. The number of hydrogen-bond donors (Lipinski definition) is 2. The Morgan fingerprint density at radius 1 is 1.21 bits per heavy atom. The topological polar surface area (TPSA) is 41.1 Å². The lowest BCUT2D eigenvalue weighted by Gasteiger charge is -2.07. The van der Waals surface area contributed by atoms with Gasteiger partial charge in [-0.2, -0.15) is 0 Å². The number of hydrogen-bond acceptors (Lipinski definition) is 2. The second-order valence-electron chi connectivity index (χ2n) is 3.92. The minimum absolute atomic E-state index is 0.184. The van der Waals surface area contributed by atoms with Crippen molar-refractivity contribution in [1.29, 1.82) is 0 Å². The normalized spacial score (nSPS) is 10.6. The van der Waals surface area contributed by atoms with Crippen LogP contribution in [0.4, 0.5) is 0 Å². The van der Waals surface area contributed by atoms with Crippen LogP contribution >= 0.6 is 0 Å². The van der Waals surface area contributed by atoms with Crippen LogP contribution < -0.4 is 10.6 Å². The van der Waals surface area contributed by atoms with Crippen LogP contribution in [-0.2, 0) is 4.79 Å². The van der Waals surface area contributed by atoms with E-state index in [4.69, 9.17) is 0 Å². The van der Waals surface area contributed by atoms with Crippen molar-refractivity contribution in [3.63, 3.8) is 0 Å². The zero-order chi connectivity index (χ0) is 10.8. The Balaban J connectivity index is 3.18. The summed E-state index contributed by atoms with van der Waals surface area (Å²) in [7, 11) is 0. The van der Waals surface area contributed by atoms with Crippen molar-refractivity contribution in [2.24, 2.45) is 0 Å². The predicted octanol–water partition coefficient (Wildman–Crippen LogP) is 1.68. The number of carbonyl (C=O) groups excluding carboxylic acids is 1. The summed E-state index contributed by atoms with van der Waals surface area (Å²) in [4.78, 5) is 11.2. The summed E-state index contributed by atoms with van der Waals surface area (Å²) in [5, 5.41) is 6.19. The summed E-state index contributed by atoms with van der Waals surface area (Å²) in [5.74, 6) is 0.184. The van der Waals surface area contributed by atoms with Gasteiger partial charge in [-0.25, -0.2) is 0 Å². The number of nitrogens with one attached hydrogen (secondary N) is 2. The molecule has 0 saturated heterocycles. The first kappa shape index (κ1) is 13.4. The van der Waals surface area contributed by atoms with Gasteiger partial charge in [-0.3, -0.25) is 4.79 Å². The van der Waals surface area contributed by atoms with Gasteiger partial charge < -0.3 is 10.6 Å². The number of rotatable bonds is 8. The summed E-state index contributed by atoms with van der Waals surface area (Å²) in [5.41, 5.74) is 0. The summed E-state index contributed by atoms with van der Waals surface area (Å²) >= 11 is 0. The SMILES string of the molecule is CCCCNC(=O)CCCNC(C)C. The molecule has 0 spiro atoms. The molecule has 0 saturated carbocycles. The van der Waals surface area contributed by atoms with Gasteiger partial charge in [0, 0.05) is 19.0 Å². The molecule has 1 amide bonds. The molecule has 0 radical (unpaired) electrons. The van der Waals surface area contributed by atoms with Crippen LogP contribution in [0.3, 0.4) is 0 Å². The lowest BCUT2D eigenvalue weighted by atomic mass is 10.2. The highest BCUT2D eigenvalue weighted by Gasteiger charge is 1.99. The Labute approximate surface area is 87.6 Å². The first-order valence-corrected chi connectivity index (χ1v) is 5.67. The Kier molecular flexibility index (Phi) is 8.64. The van der Waals surface area contributed by atoms with Crippen LogP contribution in [0.1, 0.15) is 46.5 Å². The highest BCUT2D eigenvalue weighted by Crippen LogP contribution is 1.89. The van der Waals surface area contributed by atoms with Gasteiger partial charge in [0.1, 0.15) is 0 Å². The molecule has 0 aromatic rings. The van der Waals surface area contributed by atoms with Gasteiger partial charge >= 0.3 is 0 Å². The van der Waals surface area contributed by atoms with Gasteiger partial charge in [0.05, 0.1) is 0 Å². The minimum Gasteiger partial charge on any atom is -0.356 e. The molecule has 0 fully saturated rings. The van der Waals surface area contributed by atoms with Gasteiger partial charge in [0.2, 0.25) is 5.91 Å². The average molecular weight is 200 g/mol. The van der Waals surface area contributed by atoms with Crippen molar-refractivity contribution < 1.29 is 4.79 Å². The highest BCUT2D eigenvalue weighted by atomic mass is 16.1. The second kappa shape index (κ2) is 9.00. The molecule has 0 heterocycles. The fourth-order valence-electron chi connectivity index (χ4n) is 1.13. The van der Waals surface area contributed by atoms with Crippen molar-refractivity contribution >= 4 is 5.91 Å². The summed E-state index contributed by atoms with van der Waals surface area (Å²) in [6, 6.07) is 0.512. The van der Waals surface area contributed by atoms with E-state index in [0.29, 0.717) is 12.5 Å². The van der Waals surface area contributed by atoms with Crippen molar-refractivity contribution in [3.05, 3.63) is 0 Å². The molecule has 14 heavy (non-hydrogen) atoms. The zero-order valence-electron chi connectivity index (χ0n) is 9.73. The number of amides is 1. The molecule has 0 bridgehead atoms. The Morgan fingerprint density at radius 2 is 1.93 bits per heavy atom. The van der Waals surface area contributed by atoms with Crippen LogP contribution in [0.2, 0.25) is 0 Å². The van der Waals surface area contributed by atoms with Gasteiger partial charge in [0.15, 0.2) is 0 Å². The van der Waals surface area contributed by atoms with E-state index in [9.17, 15) is 4.79 Å². The molecule has 0 aromatic heterocycles. The molecule has 0 aliphatic heterocycles. The third-order valence-electron chi connectivity index (χ3n) is 1.99. The molecule has 2 N–H and O–H groups in total. The first-order chi connectivity index (χ1) is 6.66. The molecule has 0 aromatic carbocycles. The molecule has 0 unspecified atom stereocenters. The zero-order valence-corrected chi connectivity index (χ0v) is 9.73. The Morgan fingerprint density at radius 3 is 2.50 bits per heavy atom. The average Bonchev–Trinajstić information content (AvgIpc) is 2.13. The van der Waals surface area contributed by atoms with E-state index < -0.39 is 0 Å². The monoisotopic (exact) mass is 200 g/mol. The predicted molar refractivity (Wildman–Crippen MR) is 60.3 cm³/mol. The van der Waals surface area contributed by atoms with Gasteiger partial charge in [-0.15, -0.1) is 0 Å². The first-order valence-electron chi connectivity index (χ1n) is 5.67. The standard InChI is InChI=1S/C11H24N2O/c1-4-5-8-13-11(14)7-6-9-12-10(2)3/h10,12H,4-9H2,1-3H3,(H,13,14). The van der Waals surface area contributed by atoms with Crippen LogP contribution in [0.5, 0.6) is 0 Å². The van der Waals surface area contributed by atoms with E-state index in [-0.39, 0.29) is 5.91 Å². The second-order valence-corrected chi connectivity index (χ2v) is 3.92. The molecule has 3 heteroatoms. The van der Waals surface area contributed by atoms with E-state index in [1.165, 1.54) is 0 Å². The number of unbranched alkanes of at least 4 members (excludes halogenated alkanes) is 1. The van der Waals surface area contributed by atoms with Crippen LogP contribution in [0.25, 0.3) is 0 Å². The highest BCUT2D eigenvalue weighted by molar-refractivity contribution is 5.75.